The number of hydrogen-bond acceptors (Lipinski definition) is 4. The van der Waals surface area contributed by atoms with Gasteiger partial charge < -0.3 is 14.8 Å². The first-order chi connectivity index (χ1) is 16.8. The Morgan fingerprint density at radius 2 is 1.57 bits per heavy atom. The van der Waals surface area contributed by atoms with Crippen LogP contribution in [0.25, 0.3) is 10.8 Å². The Morgan fingerprint density at radius 1 is 0.800 bits per heavy atom. The maximum Gasteiger partial charge on any atom is 0.338 e. The average molecular weight is 488 g/mol. The second-order valence-corrected chi connectivity index (χ2v) is 8.82. The van der Waals surface area contributed by atoms with Crippen LogP contribution in [0.4, 0.5) is 0 Å². The molecule has 35 heavy (non-hydrogen) atoms. The number of fused-ring (bicyclic) bond motifs is 1. The van der Waals surface area contributed by atoms with Crippen LogP contribution < -0.4 is 5.32 Å². The summed E-state index contributed by atoms with van der Waals surface area (Å²) in [6.07, 6.45) is 1.10. The summed E-state index contributed by atoms with van der Waals surface area (Å²) in [4.78, 5) is 12.3. The third kappa shape index (κ3) is 6.29. The Balaban J connectivity index is 0.00000289. The Labute approximate surface area is 212 Å². The topological polar surface area (TPSA) is 47.6 Å². The van der Waals surface area contributed by atoms with Crippen molar-refractivity contribution < 1.29 is 14.3 Å². The van der Waals surface area contributed by atoms with E-state index in [0.717, 1.165) is 25.1 Å². The number of nitrogens with one attached hydrogen (secondary N) is 1. The molecule has 180 valence electrons. The standard InChI is InChI=1S/C30H29NO3.ClH/c32-30(25-9-2-1-3-10-25)34-21-22-7-6-12-27(18-22)28-15-16-31-19-29(28)33-20-23-13-14-24-8-4-5-11-26(24)17-23;/h1-14,17-18,28-29,31H,15-16,19-21H2;1H. The molecule has 1 N–H and O–H groups in total. The van der Waals surface area contributed by atoms with Gasteiger partial charge in [-0.2, -0.15) is 0 Å². The fraction of sp³-hybridized carbons (Fsp3) is 0.233. The van der Waals surface area contributed by atoms with Gasteiger partial charge in [-0.3, -0.25) is 0 Å². The molecule has 2 atom stereocenters. The monoisotopic (exact) mass is 487 g/mol. The van der Waals surface area contributed by atoms with Crippen LogP contribution in [-0.4, -0.2) is 25.2 Å². The molecule has 0 radical (unpaired) electrons. The first-order valence-corrected chi connectivity index (χ1v) is 11.9. The highest BCUT2D eigenvalue weighted by Gasteiger charge is 2.27. The number of esters is 1. The quantitative estimate of drug-likeness (QED) is 0.311. The van der Waals surface area contributed by atoms with Crippen molar-refractivity contribution in [2.45, 2.75) is 31.7 Å². The van der Waals surface area contributed by atoms with Crippen molar-refractivity contribution in [2.24, 2.45) is 0 Å². The number of benzene rings is 4. The van der Waals surface area contributed by atoms with Gasteiger partial charge >= 0.3 is 5.97 Å². The van der Waals surface area contributed by atoms with Crippen molar-refractivity contribution in [3.8, 4) is 0 Å². The second-order valence-electron chi connectivity index (χ2n) is 8.82. The number of halogens is 1. The van der Waals surface area contributed by atoms with Crippen molar-refractivity contribution in [1.82, 2.24) is 5.32 Å². The van der Waals surface area contributed by atoms with Crippen LogP contribution in [0.2, 0.25) is 0 Å². The molecule has 1 heterocycles. The number of ether oxygens (including phenoxy) is 2. The third-order valence-electron chi connectivity index (χ3n) is 6.46. The molecule has 1 saturated heterocycles. The van der Waals surface area contributed by atoms with E-state index in [1.807, 2.05) is 30.3 Å². The van der Waals surface area contributed by atoms with Gasteiger partial charge in [-0.1, -0.05) is 78.9 Å². The van der Waals surface area contributed by atoms with Crippen LogP contribution in [0.5, 0.6) is 0 Å². The summed E-state index contributed by atoms with van der Waals surface area (Å²) < 4.78 is 12.0. The van der Waals surface area contributed by atoms with Crippen LogP contribution in [0.15, 0.2) is 97.1 Å². The van der Waals surface area contributed by atoms with Gasteiger partial charge in [-0.05, 0) is 58.6 Å². The lowest BCUT2D eigenvalue weighted by Crippen LogP contribution is -2.41. The molecule has 0 amide bonds. The molecular formula is C30H30ClNO3. The molecule has 2 unspecified atom stereocenters. The van der Waals surface area contributed by atoms with Crippen LogP contribution in [0.3, 0.4) is 0 Å². The molecule has 5 rings (SSSR count). The van der Waals surface area contributed by atoms with E-state index in [9.17, 15) is 4.79 Å². The summed E-state index contributed by atoms with van der Waals surface area (Å²) in [6.45, 7) is 2.64. The predicted octanol–water partition coefficient (Wildman–Crippen LogP) is 6.28. The molecule has 0 spiro atoms. The summed E-state index contributed by atoms with van der Waals surface area (Å²) in [7, 11) is 0. The summed E-state index contributed by atoms with van der Waals surface area (Å²) in [5.41, 5.74) is 3.98. The Bertz CT molecular complexity index is 1260. The van der Waals surface area contributed by atoms with Crippen LogP contribution in [0.1, 0.15) is 39.4 Å². The van der Waals surface area contributed by atoms with E-state index in [2.05, 4.69) is 59.9 Å². The zero-order valence-electron chi connectivity index (χ0n) is 19.6. The van der Waals surface area contributed by atoms with Gasteiger partial charge in [0.2, 0.25) is 0 Å². The zero-order valence-corrected chi connectivity index (χ0v) is 20.4. The molecular weight excluding hydrogens is 458 g/mol. The second kappa shape index (κ2) is 12.0. The molecule has 4 nitrogen and oxygen atoms in total. The number of rotatable bonds is 7. The van der Waals surface area contributed by atoms with Crippen molar-refractivity contribution >= 4 is 29.1 Å². The van der Waals surface area contributed by atoms with E-state index in [1.54, 1.807) is 12.1 Å². The van der Waals surface area contributed by atoms with Gasteiger partial charge in [0.1, 0.15) is 6.61 Å². The van der Waals surface area contributed by atoms with Gasteiger partial charge in [0, 0.05) is 12.5 Å². The SMILES string of the molecule is Cl.O=C(OCc1cccc(C2CCNCC2OCc2ccc3ccccc3c2)c1)c1ccccc1. The lowest BCUT2D eigenvalue weighted by molar-refractivity contribution is 0.0106. The molecule has 0 saturated carbocycles. The van der Waals surface area contributed by atoms with E-state index in [4.69, 9.17) is 9.47 Å². The minimum Gasteiger partial charge on any atom is -0.457 e. The maximum absolute atomic E-state index is 12.3. The molecule has 0 bridgehead atoms. The van der Waals surface area contributed by atoms with E-state index in [-0.39, 0.29) is 31.1 Å². The molecule has 1 aliphatic rings. The van der Waals surface area contributed by atoms with E-state index < -0.39 is 0 Å². The minimum absolute atomic E-state index is 0. The highest BCUT2D eigenvalue weighted by molar-refractivity contribution is 5.89. The van der Waals surface area contributed by atoms with Crippen LogP contribution >= 0.6 is 12.4 Å². The summed E-state index contributed by atoms with van der Waals surface area (Å²) >= 11 is 0. The number of carbonyl (C=O) groups is 1. The molecule has 0 aliphatic carbocycles. The molecule has 0 aromatic heterocycles. The van der Waals surface area contributed by atoms with E-state index in [0.29, 0.717) is 18.1 Å². The van der Waals surface area contributed by atoms with Crippen molar-refractivity contribution in [3.63, 3.8) is 0 Å². The zero-order chi connectivity index (χ0) is 23.2. The third-order valence-corrected chi connectivity index (χ3v) is 6.46. The summed E-state index contributed by atoms with van der Waals surface area (Å²) in [5, 5.41) is 5.96. The van der Waals surface area contributed by atoms with Gasteiger partial charge in [0.25, 0.3) is 0 Å². The number of piperidine rings is 1. The predicted molar refractivity (Wildman–Crippen MR) is 142 cm³/mol. The van der Waals surface area contributed by atoms with Gasteiger partial charge in [-0.25, -0.2) is 4.79 Å². The Kier molecular flexibility index (Phi) is 8.54. The lowest BCUT2D eigenvalue weighted by Gasteiger charge is -2.33. The average Bonchev–Trinajstić information content (AvgIpc) is 2.91. The van der Waals surface area contributed by atoms with E-state index in [1.165, 1.54) is 21.9 Å². The summed E-state index contributed by atoms with van der Waals surface area (Å²) in [5.74, 6) is -0.00375. The van der Waals surface area contributed by atoms with Crippen LogP contribution in [0, 0.1) is 0 Å². The first kappa shape index (κ1) is 24.9. The van der Waals surface area contributed by atoms with Crippen molar-refractivity contribution in [2.75, 3.05) is 13.1 Å². The smallest absolute Gasteiger partial charge is 0.338 e. The lowest BCUT2D eigenvalue weighted by atomic mass is 9.87. The Morgan fingerprint density at radius 3 is 2.43 bits per heavy atom. The number of hydrogen-bond donors (Lipinski definition) is 1. The first-order valence-electron chi connectivity index (χ1n) is 11.9. The fourth-order valence-corrected chi connectivity index (χ4v) is 4.64. The Hall–Kier alpha value is -3.18. The normalized spacial score (nSPS) is 17.5. The molecule has 4 aromatic carbocycles. The molecule has 5 heteroatoms. The highest BCUT2D eigenvalue weighted by Crippen LogP contribution is 2.29. The van der Waals surface area contributed by atoms with Gasteiger partial charge in [-0.15, -0.1) is 12.4 Å². The van der Waals surface area contributed by atoms with Crippen molar-refractivity contribution in [3.05, 3.63) is 119 Å². The minimum atomic E-state index is -0.301. The van der Waals surface area contributed by atoms with Crippen molar-refractivity contribution in [1.29, 1.82) is 0 Å². The largest absolute Gasteiger partial charge is 0.457 e. The molecule has 4 aromatic rings. The fourth-order valence-electron chi connectivity index (χ4n) is 4.64. The maximum atomic E-state index is 12.3. The van der Waals surface area contributed by atoms with Crippen LogP contribution in [-0.2, 0) is 22.7 Å². The molecule has 1 aliphatic heterocycles. The van der Waals surface area contributed by atoms with Gasteiger partial charge in [0.15, 0.2) is 0 Å². The number of carbonyl (C=O) groups excluding carboxylic acids is 1. The highest BCUT2D eigenvalue weighted by atomic mass is 35.5. The molecule has 1 fully saturated rings. The van der Waals surface area contributed by atoms with E-state index >= 15 is 0 Å². The summed E-state index contributed by atoms with van der Waals surface area (Å²) in [6, 6.07) is 32.4. The van der Waals surface area contributed by atoms with Gasteiger partial charge in [0.05, 0.1) is 18.3 Å².